The number of carbonyl (C=O) groups excluding carboxylic acids is 2. The Morgan fingerprint density at radius 3 is 2.52 bits per heavy atom. The quantitative estimate of drug-likeness (QED) is 0.353. The number of nitrogens with zero attached hydrogens (tertiary/aromatic N) is 4. The number of rotatable bonds is 4. The maximum absolute atomic E-state index is 13.8. The van der Waals surface area contributed by atoms with Crippen molar-refractivity contribution in [2.75, 3.05) is 17.3 Å². The molecule has 0 bridgehead atoms. The molecule has 3 aromatic carbocycles. The molecule has 2 aliphatic rings. The summed E-state index contributed by atoms with van der Waals surface area (Å²) in [7, 11) is 1.71. The monoisotopic (exact) mass is 579 g/mol. The molecule has 2 aliphatic heterocycles. The topological polar surface area (TPSA) is 88.8 Å². The van der Waals surface area contributed by atoms with E-state index in [9.17, 15) is 28.0 Å². The molecule has 202 valence electrons. The van der Waals surface area contributed by atoms with Crippen molar-refractivity contribution in [1.82, 2.24) is 4.90 Å². The molecular weight excluding hydrogens is 559 g/mol. The van der Waals surface area contributed by atoms with E-state index in [2.05, 4.69) is 6.07 Å². The van der Waals surface area contributed by atoms with Gasteiger partial charge in [0.15, 0.2) is 5.17 Å². The van der Waals surface area contributed by atoms with Crippen molar-refractivity contribution in [3.63, 3.8) is 0 Å². The molecular formula is C28H20F3N5O2S2. The van der Waals surface area contributed by atoms with Crippen molar-refractivity contribution in [3.05, 3.63) is 93.4 Å². The second kappa shape index (κ2) is 10.7. The second-order valence-corrected chi connectivity index (χ2v) is 10.9. The van der Waals surface area contributed by atoms with E-state index in [1.807, 2.05) is 42.6 Å². The van der Waals surface area contributed by atoms with E-state index in [-0.39, 0.29) is 18.1 Å². The normalized spacial score (nSPS) is 17.8. The van der Waals surface area contributed by atoms with Gasteiger partial charge in [0.1, 0.15) is 4.91 Å². The average Bonchev–Trinajstić information content (AvgIpc) is 3.41. The van der Waals surface area contributed by atoms with Gasteiger partial charge in [0.05, 0.1) is 34.6 Å². The summed E-state index contributed by atoms with van der Waals surface area (Å²) in [4.78, 5) is 34.4. The number of anilines is 2. The Morgan fingerprint density at radius 2 is 1.82 bits per heavy atom. The molecule has 0 aliphatic carbocycles. The molecule has 0 unspecified atom stereocenters. The first-order chi connectivity index (χ1) is 19.0. The van der Waals surface area contributed by atoms with Crippen LogP contribution in [0.3, 0.4) is 0 Å². The highest BCUT2D eigenvalue weighted by molar-refractivity contribution is 8.19. The number of amides is 2. The summed E-state index contributed by atoms with van der Waals surface area (Å²) in [6.07, 6.45) is -5.01. The van der Waals surface area contributed by atoms with Crippen LogP contribution in [0, 0.1) is 18.3 Å². The van der Waals surface area contributed by atoms with Crippen LogP contribution in [0.4, 0.5) is 30.2 Å². The minimum absolute atomic E-state index is 0.00835. The first-order valence-electron chi connectivity index (χ1n) is 11.9. The maximum atomic E-state index is 13.8. The zero-order chi connectivity index (χ0) is 28.6. The van der Waals surface area contributed by atoms with Crippen molar-refractivity contribution in [3.8, 4) is 6.07 Å². The Balaban J connectivity index is 1.52. The molecule has 0 spiro atoms. The predicted molar refractivity (Wildman–Crippen MR) is 150 cm³/mol. The zero-order valence-corrected chi connectivity index (χ0v) is 22.7. The fourth-order valence-corrected chi connectivity index (χ4v) is 6.37. The summed E-state index contributed by atoms with van der Waals surface area (Å²) in [5.74, 6) is -2.33. The summed E-state index contributed by atoms with van der Waals surface area (Å²) in [5, 5.41) is 12.3. The lowest BCUT2D eigenvalue weighted by Gasteiger charge is -2.17. The van der Waals surface area contributed by atoms with Gasteiger partial charge in [-0.2, -0.15) is 18.4 Å². The third kappa shape index (κ3) is 5.43. The minimum atomic E-state index is -5.01. The molecule has 1 fully saturated rings. The lowest BCUT2D eigenvalue weighted by Crippen LogP contribution is -2.30. The highest BCUT2D eigenvalue weighted by Crippen LogP contribution is 2.51. The van der Waals surface area contributed by atoms with E-state index in [1.165, 1.54) is 35.7 Å². The van der Waals surface area contributed by atoms with Gasteiger partial charge in [-0.25, -0.2) is 4.99 Å². The molecule has 0 radical (unpaired) electrons. The van der Waals surface area contributed by atoms with E-state index in [0.29, 0.717) is 32.0 Å². The smallest absolute Gasteiger partial charge is 0.337 e. The van der Waals surface area contributed by atoms with Crippen molar-refractivity contribution < 1.29 is 22.8 Å². The van der Waals surface area contributed by atoms with Crippen LogP contribution in [-0.4, -0.2) is 35.1 Å². The molecule has 5 rings (SSSR count). The standard InChI is InChI=1S/C28H20F3N5O2S2/c1-16-8-9-18(14-32)12-20(16)34-27-36(15-17-6-4-3-5-7-17)24(37)23(40-27)25-35(2)21-13-19(10-11-22(21)39-25)33-26(38)28(29,30)31/h3-13H,15H2,1-2H3,(H,33,38). The number of nitriles is 1. The van der Waals surface area contributed by atoms with Gasteiger partial charge >= 0.3 is 12.1 Å². The molecule has 2 heterocycles. The third-order valence-electron chi connectivity index (χ3n) is 6.14. The van der Waals surface area contributed by atoms with Gasteiger partial charge in [-0.3, -0.25) is 14.5 Å². The van der Waals surface area contributed by atoms with Crippen LogP contribution in [0.1, 0.15) is 16.7 Å². The highest BCUT2D eigenvalue weighted by atomic mass is 32.2. The number of benzene rings is 3. The van der Waals surface area contributed by atoms with Gasteiger partial charge in [-0.15, -0.1) is 0 Å². The van der Waals surface area contributed by atoms with E-state index < -0.39 is 12.1 Å². The van der Waals surface area contributed by atoms with Crippen molar-refractivity contribution in [2.24, 2.45) is 4.99 Å². The van der Waals surface area contributed by atoms with Gasteiger partial charge in [-0.1, -0.05) is 48.2 Å². The number of carbonyl (C=O) groups is 2. The van der Waals surface area contributed by atoms with Crippen molar-refractivity contribution >= 4 is 57.6 Å². The summed E-state index contributed by atoms with van der Waals surface area (Å²) < 4.78 is 38.2. The maximum Gasteiger partial charge on any atom is 0.471 e. The van der Waals surface area contributed by atoms with Crippen LogP contribution in [0.15, 0.2) is 86.6 Å². The van der Waals surface area contributed by atoms with Crippen LogP contribution in [0.5, 0.6) is 0 Å². The number of alkyl halides is 3. The summed E-state index contributed by atoms with van der Waals surface area (Å²) >= 11 is 2.50. The number of amidine groups is 1. The van der Waals surface area contributed by atoms with E-state index in [0.717, 1.165) is 16.0 Å². The van der Waals surface area contributed by atoms with Gasteiger partial charge < -0.3 is 10.2 Å². The van der Waals surface area contributed by atoms with Crippen molar-refractivity contribution in [1.29, 1.82) is 5.26 Å². The molecule has 40 heavy (non-hydrogen) atoms. The number of aliphatic imine (C=N–C) groups is 1. The minimum Gasteiger partial charge on any atom is -0.337 e. The summed E-state index contributed by atoms with van der Waals surface area (Å²) in [6, 6.07) is 21.2. The predicted octanol–water partition coefficient (Wildman–Crippen LogP) is 6.54. The molecule has 0 saturated carbocycles. The molecule has 1 saturated heterocycles. The van der Waals surface area contributed by atoms with Crippen LogP contribution in [0.2, 0.25) is 0 Å². The second-order valence-electron chi connectivity index (χ2n) is 8.92. The number of hydrogen-bond acceptors (Lipinski definition) is 7. The number of halogens is 3. The van der Waals surface area contributed by atoms with Crippen LogP contribution in [0.25, 0.3) is 0 Å². The van der Waals surface area contributed by atoms with E-state index in [1.54, 1.807) is 41.1 Å². The molecule has 7 nitrogen and oxygen atoms in total. The van der Waals surface area contributed by atoms with Crippen LogP contribution >= 0.6 is 23.5 Å². The lowest BCUT2D eigenvalue weighted by molar-refractivity contribution is -0.167. The first kappa shape index (κ1) is 27.4. The molecule has 12 heteroatoms. The summed E-state index contributed by atoms with van der Waals surface area (Å²) in [5.41, 5.74) is 3.30. The van der Waals surface area contributed by atoms with Gasteiger partial charge in [0.25, 0.3) is 5.91 Å². The van der Waals surface area contributed by atoms with Crippen LogP contribution < -0.4 is 10.2 Å². The Labute approximate surface area is 236 Å². The SMILES string of the molecule is Cc1ccc(C#N)cc1N=C1SC(=C2Sc3ccc(NC(=O)C(F)(F)F)cc3N2C)C(=O)N1Cc1ccccc1. The Hall–Kier alpha value is -4.21. The third-order valence-corrected chi connectivity index (χ3v) is 8.57. The fraction of sp³-hybridized carbons (Fsp3) is 0.143. The lowest BCUT2D eigenvalue weighted by atomic mass is 10.1. The number of aryl methyl sites for hydroxylation is 1. The highest BCUT2D eigenvalue weighted by Gasteiger charge is 2.41. The first-order valence-corrected chi connectivity index (χ1v) is 13.5. The van der Waals surface area contributed by atoms with Crippen molar-refractivity contribution in [2.45, 2.75) is 24.5 Å². The van der Waals surface area contributed by atoms with Gasteiger partial charge in [-0.05, 0) is 60.1 Å². The zero-order valence-electron chi connectivity index (χ0n) is 21.1. The Kier molecular flexibility index (Phi) is 7.35. The van der Waals surface area contributed by atoms with Gasteiger partial charge in [0, 0.05) is 17.6 Å². The molecule has 2 amide bonds. The largest absolute Gasteiger partial charge is 0.471 e. The van der Waals surface area contributed by atoms with Gasteiger partial charge in [0.2, 0.25) is 0 Å². The van der Waals surface area contributed by atoms with E-state index >= 15 is 0 Å². The number of thioether (sulfide) groups is 2. The molecule has 0 aromatic heterocycles. The molecule has 0 atom stereocenters. The summed E-state index contributed by atoms with van der Waals surface area (Å²) in [6.45, 7) is 2.14. The van der Waals surface area contributed by atoms with Crippen LogP contribution in [-0.2, 0) is 16.1 Å². The number of nitrogens with one attached hydrogen (secondary N) is 1. The number of hydrogen-bond donors (Lipinski definition) is 1. The molecule has 3 aromatic rings. The van der Waals surface area contributed by atoms with E-state index in [4.69, 9.17) is 4.99 Å². The number of fused-ring (bicyclic) bond motifs is 1. The molecule has 1 N–H and O–H groups in total. The Morgan fingerprint density at radius 1 is 1.07 bits per heavy atom. The fourth-order valence-electron chi connectivity index (χ4n) is 4.05. The average molecular weight is 580 g/mol. The Bertz CT molecular complexity index is 1630.